The summed E-state index contributed by atoms with van der Waals surface area (Å²) in [4.78, 5) is 11.8. The number of carbonyl (C=O) groups is 1. The van der Waals surface area contributed by atoms with Crippen LogP contribution in [0.2, 0.25) is 0 Å². The van der Waals surface area contributed by atoms with Crippen LogP contribution in [-0.2, 0) is 6.54 Å². The summed E-state index contributed by atoms with van der Waals surface area (Å²) >= 11 is 0. The van der Waals surface area contributed by atoms with Crippen molar-refractivity contribution in [3.63, 3.8) is 0 Å². The Morgan fingerprint density at radius 2 is 2.16 bits per heavy atom. The van der Waals surface area contributed by atoms with Gasteiger partial charge in [0.15, 0.2) is 5.69 Å². The van der Waals surface area contributed by atoms with Crippen LogP contribution in [0.15, 0.2) is 24.3 Å². The normalized spacial score (nSPS) is 9.89. The SMILES string of the molecule is Cc1[nH]nc(C(=O)NCc2ccc(C#N)cc2)c1N. The molecule has 0 atom stereocenters. The fourth-order valence-corrected chi connectivity index (χ4v) is 1.57. The number of aryl methyl sites for hydroxylation is 1. The van der Waals surface area contributed by atoms with Crippen LogP contribution < -0.4 is 11.1 Å². The van der Waals surface area contributed by atoms with E-state index in [-0.39, 0.29) is 11.6 Å². The van der Waals surface area contributed by atoms with Crippen molar-refractivity contribution >= 4 is 11.6 Å². The molecule has 0 bridgehead atoms. The fraction of sp³-hybridized carbons (Fsp3) is 0.154. The van der Waals surface area contributed by atoms with Gasteiger partial charge in [0, 0.05) is 6.54 Å². The van der Waals surface area contributed by atoms with E-state index >= 15 is 0 Å². The highest BCUT2D eigenvalue weighted by molar-refractivity contribution is 5.97. The molecule has 4 N–H and O–H groups in total. The van der Waals surface area contributed by atoms with Crippen LogP contribution >= 0.6 is 0 Å². The van der Waals surface area contributed by atoms with E-state index in [0.29, 0.717) is 23.5 Å². The topological polar surface area (TPSA) is 108 Å². The molecule has 2 rings (SSSR count). The number of nitrogens with two attached hydrogens (primary N) is 1. The van der Waals surface area contributed by atoms with Gasteiger partial charge in [0.2, 0.25) is 0 Å². The van der Waals surface area contributed by atoms with Gasteiger partial charge in [0.1, 0.15) is 0 Å². The predicted octanol–water partition coefficient (Wildman–Crippen LogP) is 1.10. The number of nitrogen functional groups attached to an aromatic ring is 1. The highest BCUT2D eigenvalue weighted by Gasteiger charge is 2.14. The highest BCUT2D eigenvalue weighted by atomic mass is 16.1. The standard InChI is InChI=1S/C13H13N5O/c1-8-11(15)12(18-17-8)13(19)16-7-10-4-2-9(6-14)3-5-10/h2-5H,7,15H2,1H3,(H,16,19)(H,17,18). The van der Waals surface area contributed by atoms with Crippen molar-refractivity contribution < 1.29 is 4.79 Å². The second-order valence-corrected chi connectivity index (χ2v) is 4.10. The molecule has 2 aromatic rings. The van der Waals surface area contributed by atoms with Crippen molar-refractivity contribution in [3.8, 4) is 6.07 Å². The summed E-state index contributed by atoms with van der Waals surface area (Å²) in [6.45, 7) is 2.11. The van der Waals surface area contributed by atoms with E-state index in [2.05, 4.69) is 15.5 Å². The Kier molecular flexibility index (Phi) is 3.48. The van der Waals surface area contributed by atoms with E-state index in [1.807, 2.05) is 6.07 Å². The van der Waals surface area contributed by atoms with Crippen molar-refractivity contribution in [1.29, 1.82) is 5.26 Å². The zero-order valence-corrected chi connectivity index (χ0v) is 10.4. The molecule has 96 valence electrons. The number of benzene rings is 1. The molecule has 1 aromatic heterocycles. The third-order valence-corrected chi connectivity index (χ3v) is 2.75. The van der Waals surface area contributed by atoms with Crippen LogP contribution in [0.5, 0.6) is 0 Å². The second-order valence-electron chi connectivity index (χ2n) is 4.10. The number of hydrogen-bond donors (Lipinski definition) is 3. The monoisotopic (exact) mass is 255 g/mol. The Balaban J connectivity index is 2.00. The fourth-order valence-electron chi connectivity index (χ4n) is 1.57. The van der Waals surface area contributed by atoms with E-state index in [1.54, 1.807) is 31.2 Å². The molecule has 19 heavy (non-hydrogen) atoms. The molecule has 6 heteroatoms. The van der Waals surface area contributed by atoms with Crippen LogP contribution in [-0.4, -0.2) is 16.1 Å². The van der Waals surface area contributed by atoms with Crippen molar-refractivity contribution in [2.45, 2.75) is 13.5 Å². The quantitative estimate of drug-likeness (QED) is 0.763. The number of H-pyrrole nitrogens is 1. The highest BCUT2D eigenvalue weighted by Crippen LogP contribution is 2.12. The summed E-state index contributed by atoms with van der Waals surface area (Å²) in [5, 5.41) is 17.9. The maximum atomic E-state index is 11.8. The first-order chi connectivity index (χ1) is 9.11. The summed E-state index contributed by atoms with van der Waals surface area (Å²) in [5.41, 5.74) is 8.43. The first-order valence-corrected chi connectivity index (χ1v) is 5.69. The van der Waals surface area contributed by atoms with Crippen LogP contribution in [0, 0.1) is 18.3 Å². The van der Waals surface area contributed by atoms with Gasteiger partial charge < -0.3 is 11.1 Å². The third-order valence-electron chi connectivity index (χ3n) is 2.75. The summed E-state index contributed by atoms with van der Waals surface area (Å²) in [6, 6.07) is 9.02. The van der Waals surface area contributed by atoms with Gasteiger partial charge in [-0.3, -0.25) is 9.89 Å². The lowest BCUT2D eigenvalue weighted by atomic mass is 10.1. The van der Waals surface area contributed by atoms with E-state index < -0.39 is 0 Å². The van der Waals surface area contributed by atoms with E-state index in [4.69, 9.17) is 11.0 Å². The average Bonchev–Trinajstić information content (AvgIpc) is 2.77. The zero-order valence-electron chi connectivity index (χ0n) is 10.4. The summed E-state index contributed by atoms with van der Waals surface area (Å²) in [7, 11) is 0. The van der Waals surface area contributed by atoms with Gasteiger partial charge >= 0.3 is 0 Å². The number of anilines is 1. The Morgan fingerprint density at radius 1 is 1.47 bits per heavy atom. The second kappa shape index (κ2) is 5.23. The van der Waals surface area contributed by atoms with Crippen molar-refractivity contribution in [1.82, 2.24) is 15.5 Å². The maximum absolute atomic E-state index is 11.8. The molecule has 0 saturated carbocycles. The Hall–Kier alpha value is -2.81. The third kappa shape index (κ3) is 2.72. The largest absolute Gasteiger partial charge is 0.395 e. The van der Waals surface area contributed by atoms with Gasteiger partial charge in [0.25, 0.3) is 5.91 Å². The average molecular weight is 255 g/mol. The molecule has 0 radical (unpaired) electrons. The van der Waals surface area contributed by atoms with E-state index in [0.717, 1.165) is 5.56 Å². The van der Waals surface area contributed by atoms with E-state index in [1.165, 1.54) is 0 Å². The summed E-state index contributed by atoms with van der Waals surface area (Å²) in [6.07, 6.45) is 0. The molecule has 0 fully saturated rings. The molecule has 1 amide bonds. The molecule has 0 saturated heterocycles. The number of nitrogens with zero attached hydrogens (tertiary/aromatic N) is 2. The Labute approximate surface area is 110 Å². The number of aromatic amines is 1. The van der Waals surface area contributed by atoms with Gasteiger partial charge in [0.05, 0.1) is 23.0 Å². The molecule has 1 heterocycles. The predicted molar refractivity (Wildman–Crippen MR) is 70.1 cm³/mol. The number of nitriles is 1. The molecule has 0 aliphatic heterocycles. The molecular formula is C13H13N5O. The number of nitrogens with one attached hydrogen (secondary N) is 2. The smallest absolute Gasteiger partial charge is 0.274 e. The number of amides is 1. The molecule has 1 aromatic carbocycles. The van der Waals surface area contributed by atoms with Gasteiger partial charge in [-0.2, -0.15) is 10.4 Å². The van der Waals surface area contributed by atoms with Gasteiger partial charge in [-0.1, -0.05) is 12.1 Å². The minimum absolute atomic E-state index is 0.200. The van der Waals surface area contributed by atoms with Crippen molar-refractivity contribution in [2.75, 3.05) is 5.73 Å². The first-order valence-electron chi connectivity index (χ1n) is 5.69. The van der Waals surface area contributed by atoms with Gasteiger partial charge in [-0.25, -0.2) is 0 Å². The molecule has 0 spiro atoms. The minimum atomic E-state index is -0.328. The van der Waals surface area contributed by atoms with Crippen molar-refractivity contribution in [3.05, 3.63) is 46.8 Å². The Bertz CT molecular complexity index is 636. The molecular weight excluding hydrogens is 242 g/mol. The van der Waals surface area contributed by atoms with Gasteiger partial charge in [-0.05, 0) is 24.6 Å². The Morgan fingerprint density at radius 3 is 2.68 bits per heavy atom. The number of aromatic nitrogens is 2. The van der Waals surface area contributed by atoms with Crippen molar-refractivity contribution in [2.24, 2.45) is 0 Å². The lowest BCUT2D eigenvalue weighted by Gasteiger charge is -2.04. The summed E-state index contributed by atoms with van der Waals surface area (Å²) < 4.78 is 0. The van der Waals surface area contributed by atoms with Gasteiger partial charge in [-0.15, -0.1) is 0 Å². The number of hydrogen-bond acceptors (Lipinski definition) is 4. The number of carbonyl (C=O) groups excluding carboxylic acids is 1. The minimum Gasteiger partial charge on any atom is -0.395 e. The maximum Gasteiger partial charge on any atom is 0.274 e. The van der Waals surface area contributed by atoms with Crippen LogP contribution in [0.3, 0.4) is 0 Å². The molecule has 0 aliphatic carbocycles. The van der Waals surface area contributed by atoms with Crippen LogP contribution in [0.25, 0.3) is 0 Å². The lowest BCUT2D eigenvalue weighted by Crippen LogP contribution is -2.24. The van der Waals surface area contributed by atoms with Crippen LogP contribution in [0.1, 0.15) is 27.3 Å². The number of rotatable bonds is 3. The van der Waals surface area contributed by atoms with Crippen LogP contribution in [0.4, 0.5) is 5.69 Å². The lowest BCUT2D eigenvalue weighted by molar-refractivity contribution is 0.0947. The molecule has 6 nitrogen and oxygen atoms in total. The zero-order chi connectivity index (χ0) is 13.8. The molecule has 0 aliphatic rings. The van der Waals surface area contributed by atoms with E-state index in [9.17, 15) is 4.79 Å². The first kappa shape index (κ1) is 12.6. The summed E-state index contributed by atoms with van der Waals surface area (Å²) in [5.74, 6) is -0.328. The molecule has 0 unspecified atom stereocenters.